The van der Waals surface area contributed by atoms with Crippen LogP contribution in [0.5, 0.6) is 0 Å². The molecule has 1 atom stereocenters. The van der Waals surface area contributed by atoms with E-state index in [4.69, 9.17) is 18.0 Å². The van der Waals surface area contributed by atoms with E-state index in [-0.39, 0.29) is 16.8 Å². The van der Waals surface area contributed by atoms with Crippen LogP contribution in [0.15, 0.2) is 30.3 Å². The molecule has 1 unspecified atom stereocenters. The molecule has 4 heteroatoms. The Balaban J connectivity index is 2.25. The van der Waals surface area contributed by atoms with E-state index in [9.17, 15) is 4.79 Å². The van der Waals surface area contributed by atoms with Gasteiger partial charge in [-0.25, -0.2) is 0 Å². The van der Waals surface area contributed by atoms with Crippen molar-refractivity contribution in [3.63, 3.8) is 0 Å². The van der Waals surface area contributed by atoms with Gasteiger partial charge in [-0.05, 0) is 24.8 Å². The molecule has 0 radical (unpaired) electrons. The molecule has 0 fully saturated rings. The molecule has 0 spiro atoms. The molecule has 0 aliphatic heterocycles. The molecular formula is C14H20N2OS. The van der Waals surface area contributed by atoms with E-state index >= 15 is 0 Å². The Bertz CT molecular complexity index is 392. The van der Waals surface area contributed by atoms with Crippen molar-refractivity contribution in [2.45, 2.75) is 26.2 Å². The van der Waals surface area contributed by atoms with E-state index in [1.165, 1.54) is 5.56 Å². The Labute approximate surface area is 114 Å². The first kappa shape index (κ1) is 14.6. The summed E-state index contributed by atoms with van der Waals surface area (Å²) >= 11 is 4.86. The smallest absolute Gasteiger partial charge is 0.229 e. The van der Waals surface area contributed by atoms with Gasteiger partial charge in [0.15, 0.2) is 0 Å². The fourth-order valence-electron chi connectivity index (χ4n) is 1.79. The average Bonchev–Trinajstić information content (AvgIpc) is 2.36. The minimum absolute atomic E-state index is 0.0574. The lowest BCUT2D eigenvalue weighted by Crippen LogP contribution is -2.38. The second-order valence-electron chi connectivity index (χ2n) is 4.24. The largest absolute Gasteiger partial charge is 0.393 e. The molecule has 0 aromatic heterocycles. The molecule has 3 N–H and O–H groups in total. The highest BCUT2D eigenvalue weighted by Crippen LogP contribution is 2.04. The van der Waals surface area contributed by atoms with Crippen molar-refractivity contribution in [1.29, 1.82) is 0 Å². The van der Waals surface area contributed by atoms with Gasteiger partial charge in [0.2, 0.25) is 5.91 Å². The number of amides is 1. The molecule has 1 aromatic carbocycles. The van der Waals surface area contributed by atoms with Gasteiger partial charge < -0.3 is 11.1 Å². The minimum atomic E-state index is -0.336. The van der Waals surface area contributed by atoms with Gasteiger partial charge in [0.05, 0.1) is 10.9 Å². The molecule has 0 aliphatic rings. The van der Waals surface area contributed by atoms with Crippen molar-refractivity contribution >= 4 is 23.1 Å². The second kappa shape index (κ2) is 7.82. The van der Waals surface area contributed by atoms with Crippen molar-refractivity contribution in [2.24, 2.45) is 11.7 Å². The molecule has 0 saturated heterocycles. The Morgan fingerprint density at radius 1 is 1.39 bits per heavy atom. The Morgan fingerprint density at radius 3 is 2.61 bits per heavy atom. The van der Waals surface area contributed by atoms with Gasteiger partial charge in [-0.15, -0.1) is 0 Å². The molecule has 0 heterocycles. The van der Waals surface area contributed by atoms with Crippen molar-refractivity contribution in [2.75, 3.05) is 6.54 Å². The van der Waals surface area contributed by atoms with E-state index < -0.39 is 0 Å². The van der Waals surface area contributed by atoms with Crippen LogP contribution in [0.1, 0.15) is 25.3 Å². The summed E-state index contributed by atoms with van der Waals surface area (Å²) in [5.41, 5.74) is 6.80. The predicted molar refractivity (Wildman–Crippen MR) is 78.3 cm³/mol. The summed E-state index contributed by atoms with van der Waals surface area (Å²) in [5.74, 6) is -0.394. The average molecular weight is 264 g/mol. The highest BCUT2D eigenvalue weighted by atomic mass is 32.1. The lowest BCUT2D eigenvalue weighted by atomic mass is 10.1. The van der Waals surface area contributed by atoms with E-state index in [2.05, 4.69) is 17.4 Å². The van der Waals surface area contributed by atoms with E-state index in [0.29, 0.717) is 13.0 Å². The van der Waals surface area contributed by atoms with Gasteiger partial charge in [-0.1, -0.05) is 49.5 Å². The van der Waals surface area contributed by atoms with E-state index in [1.54, 1.807) is 0 Å². The van der Waals surface area contributed by atoms with Crippen molar-refractivity contribution in [3.05, 3.63) is 35.9 Å². The van der Waals surface area contributed by atoms with Crippen LogP contribution in [0, 0.1) is 5.92 Å². The third-order valence-electron chi connectivity index (χ3n) is 2.85. The number of thiocarbonyl (C=S) groups is 1. The van der Waals surface area contributed by atoms with Gasteiger partial charge in [0.25, 0.3) is 0 Å². The third kappa shape index (κ3) is 4.84. The maximum Gasteiger partial charge on any atom is 0.229 e. The molecule has 1 rings (SSSR count). The van der Waals surface area contributed by atoms with Crippen LogP contribution < -0.4 is 11.1 Å². The van der Waals surface area contributed by atoms with Crippen molar-refractivity contribution in [3.8, 4) is 0 Å². The van der Waals surface area contributed by atoms with Gasteiger partial charge in [0.1, 0.15) is 0 Å². The first-order chi connectivity index (χ1) is 8.65. The number of carbonyl (C=O) groups excluding carboxylic acids is 1. The van der Waals surface area contributed by atoms with Gasteiger partial charge in [0, 0.05) is 6.54 Å². The molecular weight excluding hydrogens is 244 g/mol. The van der Waals surface area contributed by atoms with Gasteiger partial charge in [-0.2, -0.15) is 0 Å². The number of rotatable bonds is 7. The third-order valence-corrected chi connectivity index (χ3v) is 3.14. The zero-order valence-corrected chi connectivity index (χ0v) is 11.5. The molecule has 1 aromatic rings. The molecule has 3 nitrogen and oxygen atoms in total. The molecule has 1 amide bonds. The predicted octanol–water partition coefficient (Wildman–Crippen LogP) is 2.05. The zero-order valence-electron chi connectivity index (χ0n) is 10.7. The summed E-state index contributed by atoms with van der Waals surface area (Å²) < 4.78 is 0. The quantitative estimate of drug-likeness (QED) is 0.585. The molecule has 0 saturated carbocycles. The van der Waals surface area contributed by atoms with Gasteiger partial charge in [-0.3, -0.25) is 4.79 Å². The van der Waals surface area contributed by atoms with Crippen LogP contribution in [-0.2, 0) is 11.2 Å². The summed E-state index contributed by atoms with van der Waals surface area (Å²) in [4.78, 5) is 12.0. The number of benzene rings is 1. The summed E-state index contributed by atoms with van der Waals surface area (Å²) in [5, 5.41) is 2.88. The van der Waals surface area contributed by atoms with Crippen LogP contribution in [0.2, 0.25) is 0 Å². The summed E-state index contributed by atoms with van der Waals surface area (Å²) in [6.07, 6.45) is 2.54. The first-order valence-electron chi connectivity index (χ1n) is 6.26. The fraction of sp³-hybridized carbons (Fsp3) is 0.429. The highest BCUT2D eigenvalue weighted by molar-refractivity contribution is 7.80. The Kier molecular flexibility index (Phi) is 6.36. The van der Waals surface area contributed by atoms with Crippen LogP contribution >= 0.6 is 12.2 Å². The van der Waals surface area contributed by atoms with Crippen LogP contribution in [0.4, 0.5) is 0 Å². The molecule has 18 heavy (non-hydrogen) atoms. The van der Waals surface area contributed by atoms with Crippen molar-refractivity contribution in [1.82, 2.24) is 5.32 Å². The summed E-state index contributed by atoms with van der Waals surface area (Å²) in [6.45, 7) is 2.57. The first-order valence-corrected chi connectivity index (χ1v) is 6.67. The van der Waals surface area contributed by atoms with Crippen LogP contribution in [0.25, 0.3) is 0 Å². The summed E-state index contributed by atoms with van der Waals surface area (Å²) in [7, 11) is 0. The fourth-order valence-corrected chi connectivity index (χ4v) is 2.06. The molecule has 0 bridgehead atoms. The Morgan fingerprint density at radius 2 is 2.06 bits per heavy atom. The van der Waals surface area contributed by atoms with E-state index in [0.717, 1.165) is 12.8 Å². The minimum Gasteiger partial charge on any atom is -0.393 e. The van der Waals surface area contributed by atoms with Crippen LogP contribution in [-0.4, -0.2) is 17.4 Å². The Hall–Kier alpha value is -1.42. The summed E-state index contributed by atoms with van der Waals surface area (Å²) in [6, 6.07) is 10.2. The standard InChI is InChI=1S/C14H20N2OS/c1-2-12(13(15)18)14(17)16-10-6-9-11-7-4-3-5-8-11/h3-5,7-8,12H,2,6,9-10H2,1H3,(H2,15,18)(H,16,17). The number of hydrogen-bond acceptors (Lipinski definition) is 2. The topological polar surface area (TPSA) is 55.1 Å². The number of hydrogen-bond donors (Lipinski definition) is 2. The zero-order chi connectivity index (χ0) is 13.4. The maximum absolute atomic E-state index is 11.7. The maximum atomic E-state index is 11.7. The number of nitrogens with two attached hydrogens (primary N) is 1. The van der Waals surface area contributed by atoms with Crippen molar-refractivity contribution < 1.29 is 4.79 Å². The lowest BCUT2D eigenvalue weighted by Gasteiger charge is -2.13. The molecule has 98 valence electrons. The number of carbonyl (C=O) groups is 1. The highest BCUT2D eigenvalue weighted by Gasteiger charge is 2.18. The second-order valence-corrected chi connectivity index (χ2v) is 4.71. The number of nitrogens with one attached hydrogen (secondary N) is 1. The lowest BCUT2D eigenvalue weighted by molar-refractivity contribution is -0.123. The SMILES string of the molecule is CCC(C(=O)NCCCc1ccccc1)C(N)=S. The van der Waals surface area contributed by atoms with Gasteiger partial charge >= 0.3 is 0 Å². The molecule has 0 aliphatic carbocycles. The van der Waals surface area contributed by atoms with Crippen LogP contribution in [0.3, 0.4) is 0 Å². The normalized spacial score (nSPS) is 11.8. The number of aryl methyl sites for hydroxylation is 1. The monoisotopic (exact) mass is 264 g/mol. The van der Waals surface area contributed by atoms with E-state index in [1.807, 2.05) is 25.1 Å².